The molecule has 1 aliphatic heterocycles. The first-order valence-electron chi connectivity index (χ1n) is 7.04. The summed E-state index contributed by atoms with van der Waals surface area (Å²) in [5, 5.41) is 10.9. The first-order valence-corrected chi connectivity index (χ1v) is 7.04. The maximum atomic E-state index is 13.5. The van der Waals surface area contributed by atoms with Gasteiger partial charge in [0.15, 0.2) is 0 Å². The number of halogens is 1. The molecule has 0 spiro atoms. The highest BCUT2D eigenvalue weighted by molar-refractivity contribution is 5.92. The highest BCUT2D eigenvalue weighted by Gasteiger charge is 2.25. The predicted molar refractivity (Wildman–Crippen MR) is 78.4 cm³/mol. The third-order valence-electron chi connectivity index (χ3n) is 4.14. The third kappa shape index (κ3) is 2.36. The molecule has 2 atom stereocenters. The SMILES string of the molecule is Cc1cc(N2CCC(C)C(O)C2)c2cc(F)ccc2n1. The van der Waals surface area contributed by atoms with Crippen LogP contribution in [-0.4, -0.2) is 29.3 Å². The third-order valence-corrected chi connectivity index (χ3v) is 4.14. The maximum absolute atomic E-state index is 13.5. The molecule has 2 heterocycles. The standard InChI is InChI=1S/C16H19FN2O/c1-10-5-6-19(9-16(10)20)15-7-11(2)18-14-4-3-12(17)8-13(14)15/h3-4,7-8,10,16,20H,5-6,9H2,1-2H3. The predicted octanol–water partition coefficient (Wildman–Crippen LogP) is 2.89. The number of hydrogen-bond donors (Lipinski definition) is 1. The summed E-state index contributed by atoms with van der Waals surface area (Å²) in [6, 6.07) is 6.65. The number of pyridine rings is 1. The fourth-order valence-electron chi connectivity index (χ4n) is 2.84. The van der Waals surface area contributed by atoms with Crippen LogP contribution in [0.5, 0.6) is 0 Å². The summed E-state index contributed by atoms with van der Waals surface area (Å²) in [5.41, 5.74) is 2.68. The van der Waals surface area contributed by atoms with Crippen molar-refractivity contribution in [3.8, 4) is 0 Å². The van der Waals surface area contributed by atoms with Gasteiger partial charge in [0.25, 0.3) is 0 Å². The Kier molecular flexibility index (Phi) is 3.34. The smallest absolute Gasteiger partial charge is 0.124 e. The number of aliphatic hydroxyl groups excluding tert-OH is 1. The number of aromatic nitrogens is 1. The molecule has 1 saturated heterocycles. The van der Waals surface area contributed by atoms with E-state index in [-0.39, 0.29) is 11.9 Å². The second kappa shape index (κ2) is 5.02. The van der Waals surface area contributed by atoms with Crippen molar-refractivity contribution in [1.29, 1.82) is 0 Å². The molecule has 2 aromatic rings. The summed E-state index contributed by atoms with van der Waals surface area (Å²) in [5.74, 6) is 0.0625. The van der Waals surface area contributed by atoms with Gasteiger partial charge in [0, 0.05) is 29.9 Å². The van der Waals surface area contributed by atoms with Crippen LogP contribution in [0.25, 0.3) is 10.9 Å². The van der Waals surface area contributed by atoms with E-state index in [9.17, 15) is 9.50 Å². The summed E-state index contributed by atoms with van der Waals surface area (Å²) in [6.45, 7) is 5.48. The number of hydrogen-bond acceptors (Lipinski definition) is 3. The molecule has 0 radical (unpaired) electrons. The molecule has 0 aliphatic carbocycles. The molecule has 1 aromatic heterocycles. The number of anilines is 1. The monoisotopic (exact) mass is 274 g/mol. The average molecular weight is 274 g/mol. The second-order valence-corrected chi connectivity index (χ2v) is 5.72. The molecule has 20 heavy (non-hydrogen) atoms. The molecule has 0 saturated carbocycles. The zero-order valence-electron chi connectivity index (χ0n) is 11.8. The minimum Gasteiger partial charge on any atom is -0.391 e. The van der Waals surface area contributed by atoms with E-state index < -0.39 is 0 Å². The number of nitrogens with zero attached hydrogens (tertiary/aromatic N) is 2. The van der Waals surface area contributed by atoms with Crippen molar-refractivity contribution in [2.24, 2.45) is 5.92 Å². The van der Waals surface area contributed by atoms with Gasteiger partial charge in [-0.1, -0.05) is 6.92 Å². The van der Waals surface area contributed by atoms with E-state index in [1.807, 2.05) is 13.0 Å². The van der Waals surface area contributed by atoms with Crippen molar-refractivity contribution in [2.75, 3.05) is 18.0 Å². The van der Waals surface area contributed by atoms with Crippen LogP contribution in [0.15, 0.2) is 24.3 Å². The van der Waals surface area contributed by atoms with E-state index >= 15 is 0 Å². The zero-order valence-corrected chi connectivity index (χ0v) is 11.8. The Hall–Kier alpha value is -1.68. The highest BCUT2D eigenvalue weighted by Crippen LogP contribution is 2.30. The van der Waals surface area contributed by atoms with Crippen molar-refractivity contribution in [1.82, 2.24) is 4.98 Å². The number of fused-ring (bicyclic) bond motifs is 1. The summed E-state index contributed by atoms with van der Waals surface area (Å²) in [6.07, 6.45) is 0.611. The Labute approximate surface area is 118 Å². The Bertz CT molecular complexity index is 644. The van der Waals surface area contributed by atoms with E-state index in [1.165, 1.54) is 12.1 Å². The van der Waals surface area contributed by atoms with Gasteiger partial charge in [-0.2, -0.15) is 0 Å². The van der Waals surface area contributed by atoms with E-state index in [1.54, 1.807) is 6.07 Å². The van der Waals surface area contributed by atoms with Gasteiger partial charge >= 0.3 is 0 Å². The maximum Gasteiger partial charge on any atom is 0.124 e. The van der Waals surface area contributed by atoms with Crippen LogP contribution in [-0.2, 0) is 0 Å². The molecule has 0 bridgehead atoms. The van der Waals surface area contributed by atoms with Crippen LogP contribution in [0.2, 0.25) is 0 Å². The van der Waals surface area contributed by atoms with E-state index in [4.69, 9.17) is 0 Å². The summed E-state index contributed by atoms with van der Waals surface area (Å²) in [4.78, 5) is 6.59. The zero-order chi connectivity index (χ0) is 14.3. The number of aliphatic hydroxyl groups is 1. The lowest BCUT2D eigenvalue weighted by molar-refractivity contribution is 0.103. The molecule has 3 rings (SSSR count). The first kappa shape index (κ1) is 13.3. The van der Waals surface area contributed by atoms with Gasteiger partial charge in [-0.25, -0.2) is 4.39 Å². The van der Waals surface area contributed by atoms with E-state index in [0.29, 0.717) is 12.5 Å². The van der Waals surface area contributed by atoms with Gasteiger partial charge in [0.05, 0.1) is 11.6 Å². The first-order chi connectivity index (χ1) is 9.54. The number of β-amino-alcohol motifs (C(OH)–C–C–N with tert-alkyl or cyclic N) is 1. The number of aryl methyl sites for hydroxylation is 1. The van der Waals surface area contributed by atoms with Crippen LogP contribution in [0.4, 0.5) is 10.1 Å². The van der Waals surface area contributed by atoms with Crippen LogP contribution in [0, 0.1) is 18.7 Å². The number of rotatable bonds is 1. The van der Waals surface area contributed by atoms with Gasteiger partial charge < -0.3 is 10.0 Å². The Morgan fingerprint density at radius 3 is 2.90 bits per heavy atom. The largest absolute Gasteiger partial charge is 0.391 e. The van der Waals surface area contributed by atoms with Gasteiger partial charge in [-0.3, -0.25) is 4.98 Å². The number of benzene rings is 1. The lowest BCUT2D eigenvalue weighted by Gasteiger charge is -2.36. The van der Waals surface area contributed by atoms with Crippen LogP contribution < -0.4 is 4.90 Å². The average Bonchev–Trinajstić information content (AvgIpc) is 2.41. The molecule has 4 heteroatoms. The summed E-state index contributed by atoms with van der Waals surface area (Å²) in [7, 11) is 0. The van der Waals surface area contributed by atoms with Crippen molar-refractivity contribution < 1.29 is 9.50 Å². The lowest BCUT2D eigenvalue weighted by Crippen LogP contribution is -2.43. The van der Waals surface area contributed by atoms with Gasteiger partial charge in [-0.05, 0) is 43.5 Å². The van der Waals surface area contributed by atoms with Crippen molar-refractivity contribution in [3.63, 3.8) is 0 Å². The second-order valence-electron chi connectivity index (χ2n) is 5.72. The number of piperidine rings is 1. The highest BCUT2D eigenvalue weighted by atomic mass is 19.1. The van der Waals surface area contributed by atoms with Crippen molar-refractivity contribution in [3.05, 3.63) is 35.8 Å². The Morgan fingerprint density at radius 1 is 1.35 bits per heavy atom. The molecule has 2 unspecified atom stereocenters. The van der Waals surface area contributed by atoms with Crippen LogP contribution in [0.3, 0.4) is 0 Å². The molecule has 1 aliphatic rings. The van der Waals surface area contributed by atoms with Gasteiger partial charge in [0.1, 0.15) is 5.82 Å². The topological polar surface area (TPSA) is 36.4 Å². The summed E-state index contributed by atoms with van der Waals surface area (Å²) >= 11 is 0. The Balaban J connectivity index is 2.08. The molecule has 0 amide bonds. The molecule has 1 fully saturated rings. The molecular formula is C16H19FN2O. The van der Waals surface area contributed by atoms with E-state index in [2.05, 4.69) is 16.8 Å². The fourth-order valence-corrected chi connectivity index (χ4v) is 2.84. The normalized spacial score (nSPS) is 23.3. The van der Waals surface area contributed by atoms with Gasteiger partial charge in [-0.15, -0.1) is 0 Å². The lowest BCUT2D eigenvalue weighted by atomic mass is 9.95. The minimum absolute atomic E-state index is 0.254. The molecule has 3 nitrogen and oxygen atoms in total. The van der Waals surface area contributed by atoms with Crippen LogP contribution in [0.1, 0.15) is 19.0 Å². The molecule has 1 aromatic carbocycles. The molecule has 1 N–H and O–H groups in total. The van der Waals surface area contributed by atoms with Gasteiger partial charge in [0.2, 0.25) is 0 Å². The minimum atomic E-state index is -0.333. The summed E-state index contributed by atoms with van der Waals surface area (Å²) < 4.78 is 13.5. The van der Waals surface area contributed by atoms with Crippen LogP contribution >= 0.6 is 0 Å². The molecular weight excluding hydrogens is 255 g/mol. The Morgan fingerprint density at radius 2 is 2.15 bits per heavy atom. The van der Waals surface area contributed by atoms with Crippen molar-refractivity contribution >= 4 is 16.6 Å². The van der Waals surface area contributed by atoms with Crippen molar-refractivity contribution in [2.45, 2.75) is 26.4 Å². The fraction of sp³-hybridized carbons (Fsp3) is 0.438. The quantitative estimate of drug-likeness (QED) is 0.868. The molecule has 106 valence electrons. The van der Waals surface area contributed by atoms with E-state index in [0.717, 1.165) is 35.2 Å².